The molecule has 0 radical (unpaired) electrons. The molecule has 31 heavy (non-hydrogen) atoms. The first-order chi connectivity index (χ1) is 14.3. The number of hydrogen-bond acceptors (Lipinski definition) is 5. The van der Waals surface area contributed by atoms with E-state index in [4.69, 9.17) is 32.5 Å². The van der Waals surface area contributed by atoms with E-state index in [0.29, 0.717) is 18.3 Å². The molecule has 0 spiro atoms. The molecule has 2 rings (SSSR count). The van der Waals surface area contributed by atoms with Crippen LogP contribution in [0.4, 0.5) is 11.4 Å². The molecule has 0 aliphatic carbocycles. The Morgan fingerprint density at radius 1 is 0.935 bits per heavy atom. The van der Waals surface area contributed by atoms with Gasteiger partial charge in [0.1, 0.15) is 17.5 Å². The van der Waals surface area contributed by atoms with E-state index in [1.807, 2.05) is 62.4 Å². The zero-order chi connectivity index (χ0) is 22.5. The zero-order valence-electron chi connectivity index (χ0n) is 18.3. The zero-order valence-corrected chi connectivity index (χ0v) is 22.0. The van der Waals surface area contributed by atoms with Gasteiger partial charge in [-0.15, -0.1) is 0 Å². The van der Waals surface area contributed by atoms with Crippen LogP contribution < -0.4 is 25.8 Å². The fourth-order valence-electron chi connectivity index (χ4n) is 2.18. The fourth-order valence-corrected chi connectivity index (χ4v) is 2.42. The van der Waals surface area contributed by atoms with Crippen LogP contribution in [0.2, 0.25) is 0 Å². The summed E-state index contributed by atoms with van der Waals surface area (Å²) in [6.07, 6.45) is 0. The number of hydrogen-bond donors (Lipinski definition) is 4. The quantitative estimate of drug-likeness (QED) is 0.325. The Kier molecular flexibility index (Phi) is 14.5. The van der Waals surface area contributed by atoms with E-state index in [9.17, 15) is 4.79 Å². The maximum Gasteiger partial charge on any atom is 0.320 e. The minimum absolute atomic E-state index is 0. The molecule has 0 heterocycles. The Balaban J connectivity index is 0.000000858. The van der Waals surface area contributed by atoms with Gasteiger partial charge in [-0.2, -0.15) is 0 Å². The molecule has 0 amide bonds. The van der Waals surface area contributed by atoms with E-state index in [2.05, 4.69) is 10.6 Å². The van der Waals surface area contributed by atoms with Crippen molar-refractivity contribution in [2.24, 2.45) is 11.7 Å². The van der Waals surface area contributed by atoms with Crippen molar-refractivity contribution in [2.75, 3.05) is 23.8 Å². The summed E-state index contributed by atoms with van der Waals surface area (Å²) in [5, 5.41) is 15.0. The van der Waals surface area contributed by atoms with Crippen LogP contribution in [-0.4, -0.2) is 35.4 Å². The third-order valence-electron chi connectivity index (χ3n) is 3.85. The molecule has 1 atom stereocenters. The van der Waals surface area contributed by atoms with E-state index < -0.39 is 12.0 Å². The number of benzene rings is 2. The largest absolute Gasteiger partial charge is 0.494 e. The SMILES string of the molecule is CC(C)[C@H](N)C(=O)O.CCOc1ccc(NC(=S)Nc2ccc(OCC)cc2)cc1.[W]. The summed E-state index contributed by atoms with van der Waals surface area (Å²) in [7, 11) is 0. The van der Waals surface area contributed by atoms with Crippen molar-refractivity contribution >= 4 is 34.7 Å². The molecule has 0 saturated carbocycles. The molecular formula is C22H31N3O4SW. The van der Waals surface area contributed by atoms with Gasteiger partial charge in [0.05, 0.1) is 13.2 Å². The average molecular weight is 617 g/mol. The number of ether oxygens (including phenoxy) is 2. The molecule has 7 nitrogen and oxygen atoms in total. The van der Waals surface area contributed by atoms with Crippen LogP contribution >= 0.6 is 12.2 Å². The summed E-state index contributed by atoms with van der Waals surface area (Å²) in [6, 6.07) is 14.6. The molecule has 0 saturated heterocycles. The van der Waals surface area contributed by atoms with Gasteiger partial charge in [0, 0.05) is 32.4 Å². The standard InChI is InChI=1S/C17H20N2O2S.C5H11NO2.W/c1-3-20-15-9-5-13(6-10-15)18-17(22)19-14-7-11-16(12-8-14)21-4-2;1-3(2)4(6)5(7)8;/h5-12H,3-4H2,1-2H3,(H2,18,19,22);3-4H,6H2,1-2H3,(H,7,8);/t;4-;/m.0./s1. The van der Waals surface area contributed by atoms with Crippen LogP contribution in [0.15, 0.2) is 48.5 Å². The van der Waals surface area contributed by atoms with Gasteiger partial charge in [-0.1, -0.05) is 13.8 Å². The van der Waals surface area contributed by atoms with Gasteiger partial charge in [-0.05, 0) is 80.5 Å². The fraction of sp³-hybridized carbons (Fsp3) is 0.364. The van der Waals surface area contributed by atoms with Crippen molar-refractivity contribution in [3.8, 4) is 11.5 Å². The number of rotatable bonds is 8. The predicted molar refractivity (Wildman–Crippen MR) is 126 cm³/mol. The molecule has 2 aromatic rings. The van der Waals surface area contributed by atoms with Crippen molar-refractivity contribution in [3.05, 3.63) is 48.5 Å². The number of nitrogens with two attached hydrogens (primary N) is 1. The van der Waals surface area contributed by atoms with Gasteiger partial charge >= 0.3 is 5.97 Å². The van der Waals surface area contributed by atoms with Gasteiger partial charge in [-0.25, -0.2) is 0 Å². The first-order valence-electron chi connectivity index (χ1n) is 9.78. The van der Waals surface area contributed by atoms with Crippen molar-refractivity contribution < 1.29 is 40.4 Å². The van der Waals surface area contributed by atoms with Gasteiger partial charge in [-0.3, -0.25) is 4.79 Å². The summed E-state index contributed by atoms with van der Waals surface area (Å²) in [6.45, 7) is 8.79. The van der Waals surface area contributed by atoms with Crippen LogP contribution in [0.1, 0.15) is 27.7 Å². The van der Waals surface area contributed by atoms with Crippen molar-refractivity contribution in [1.29, 1.82) is 0 Å². The molecule has 0 aromatic heterocycles. The van der Waals surface area contributed by atoms with Crippen molar-refractivity contribution in [3.63, 3.8) is 0 Å². The number of anilines is 2. The van der Waals surface area contributed by atoms with E-state index in [-0.39, 0.29) is 27.0 Å². The van der Waals surface area contributed by atoms with Crippen LogP contribution in [0.5, 0.6) is 11.5 Å². The third kappa shape index (κ3) is 11.7. The first kappa shape index (κ1) is 28.8. The normalized spacial score (nSPS) is 10.6. The number of thiocarbonyl (C=S) groups is 1. The van der Waals surface area contributed by atoms with Crippen LogP contribution in [0, 0.1) is 5.92 Å². The second-order valence-corrected chi connectivity index (χ2v) is 7.01. The van der Waals surface area contributed by atoms with Crippen LogP contribution in [-0.2, 0) is 25.9 Å². The van der Waals surface area contributed by atoms with Gasteiger partial charge in [0.15, 0.2) is 5.11 Å². The average Bonchev–Trinajstić information content (AvgIpc) is 2.71. The van der Waals surface area contributed by atoms with Crippen molar-refractivity contribution in [1.82, 2.24) is 0 Å². The molecule has 0 aliphatic rings. The molecule has 9 heteroatoms. The number of carboxylic acid groups (broad SMARTS) is 1. The minimum Gasteiger partial charge on any atom is -0.494 e. The van der Waals surface area contributed by atoms with E-state index in [1.165, 1.54) is 0 Å². The van der Waals surface area contributed by atoms with Gasteiger partial charge in [0.25, 0.3) is 0 Å². The minimum atomic E-state index is -0.931. The Morgan fingerprint density at radius 2 is 1.29 bits per heavy atom. The second kappa shape index (κ2) is 15.6. The topological polar surface area (TPSA) is 106 Å². The summed E-state index contributed by atoms with van der Waals surface area (Å²) < 4.78 is 10.8. The summed E-state index contributed by atoms with van der Waals surface area (Å²) in [4.78, 5) is 10.0. The van der Waals surface area contributed by atoms with Gasteiger partial charge < -0.3 is 30.9 Å². The van der Waals surface area contributed by atoms with Crippen molar-refractivity contribution in [2.45, 2.75) is 33.7 Å². The number of nitrogens with one attached hydrogen (secondary N) is 2. The third-order valence-corrected chi connectivity index (χ3v) is 4.05. The van der Waals surface area contributed by atoms with Crippen LogP contribution in [0.3, 0.4) is 0 Å². The van der Waals surface area contributed by atoms with Gasteiger partial charge in [0.2, 0.25) is 0 Å². The van der Waals surface area contributed by atoms with E-state index >= 15 is 0 Å². The maximum atomic E-state index is 10.0. The molecule has 0 unspecified atom stereocenters. The second-order valence-electron chi connectivity index (χ2n) is 6.60. The monoisotopic (exact) mass is 617 g/mol. The Hall–Kier alpha value is -2.15. The van der Waals surface area contributed by atoms with Crippen LogP contribution in [0.25, 0.3) is 0 Å². The number of carbonyl (C=O) groups is 1. The summed E-state index contributed by atoms with van der Waals surface area (Å²) >= 11 is 5.30. The molecule has 170 valence electrons. The van der Waals surface area contributed by atoms with E-state index in [0.717, 1.165) is 22.9 Å². The molecule has 0 fully saturated rings. The number of carboxylic acids is 1. The summed E-state index contributed by atoms with van der Waals surface area (Å²) in [5.74, 6) is 0.782. The molecule has 2 aromatic carbocycles. The van der Waals surface area contributed by atoms with E-state index in [1.54, 1.807) is 13.8 Å². The smallest absolute Gasteiger partial charge is 0.320 e. The Bertz CT molecular complexity index is 733. The molecule has 0 bridgehead atoms. The molecule has 5 N–H and O–H groups in total. The molecule has 0 aliphatic heterocycles. The first-order valence-corrected chi connectivity index (χ1v) is 10.2. The summed E-state index contributed by atoms with van der Waals surface area (Å²) in [5.41, 5.74) is 6.98. The Morgan fingerprint density at radius 3 is 1.52 bits per heavy atom. The molecular weight excluding hydrogens is 586 g/mol. The predicted octanol–water partition coefficient (Wildman–Crippen LogP) is 4.34. The number of aliphatic carboxylic acids is 1. The maximum absolute atomic E-state index is 10.0. The Labute approximate surface area is 204 Å².